The first-order valence-corrected chi connectivity index (χ1v) is 6.99. The van der Waals surface area contributed by atoms with Crippen LogP contribution in [-0.2, 0) is 4.74 Å². The largest absolute Gasteiger partial charge is 0.493 e. The van der Waals surface area contributed by atoms with Gasteiger partial charge in [0.1, 0.15) is 6.10 Å². The van der Waals surface area contributed by atoms with Crippen LogP contribution < -0.4 is 14.8 Å². The molecule has 0 saturated carbocycles. The van der Waals surface area contributed by atoms with Crippen LogP contribution in [0.1, 0.15) is 24.5 Å². The van der Waals surface area contributed by atoms with E-state index in [1.807, 2.05) is 18.2 Å². The summed E-state index contributed by atoms with van der Waals surface area (Å²) < 4.78 is 16.7. The minimum atomic E-state index is -0.555. The van der Waals surface area contributed by atoms with Crippen molar-refractivity contribution in [3.05, 3.63) is 23.8 Å². The van der Waals surface area contributed by atoms with Crippen molar-refractivity contribution >= 4 is 0 Å². The molecule has 20 heavy (non-hydrogen) atoms. The van der Waals surface area contributed by atoms with Crippen molar-refractivity contribution in [1.29, 1.82) is 0 Å². The lowest BCUT2D eigenvalue weighted by molar-refractivity contribution is 0.00641. The third-order valence-electron chi connectivity index (χ3n) is 3.38. The number of hydrogen-bond donors (Lipinski definition) is 2. The zero-order chi connectivity index (χ0) is 14.4. The third-order valence-corrected chi connectivity index (χ3v) is 3.38. The third kappa shape index (κ3) is 3.85. The van der Waals surface area contributed by atoms with Crippen molar-refractivity contribution in [2.45, 2.75) is 25.0 Å². The molecule has 5 nitrogen and oxygen atoms in total. The highest BCUT2D eigenvalue weighted by Gasteiger charge is 2.18. The first kappa shape index (κ1) is 15.1. The smallest absolute Gasteiger partial charge is 0.161 e. The Morgan fingerprint density at radius 2 is 2.30 bits per heavy atom. The highest BCUT2D eigenvalue weighted by molar-refractivity contribution is 5.43. The van der Waals surface area contributed by atoms with Gasteiger partial charge in [-0.3, -0.25) is 0 Å². The van der Waals surface area contributed by atoms with Crippen LogP contribution in [0.2, 0.25) is 0 Å². The van der Waals surface area contributed by atoms with Gasteiger partial charge >= 0.3 is 0 Å². The van der Waals surface area contributed by atoms with Crippen molar-refractivity contribution in [2.75, 3.05) is 33.9 Å². The Balaban J connectivity index is 2.08. The lowest BCUT2D eigenvalue weighted by Gasteiger charge is -2.24. The summed E-state index contributed by atoms with van der Waals surface area (Å²) in [7, 11) is 3.41. The van der Waals surface area contributed by atoms with E-state index < -0.39 is 6.10 Å². The van der Waals surface area contributed by atoms with E-state index >= 15 is 0 Å². The maximum absolute atomic E-state index is 9.97. The van der Waals surface area contributed by atoms with Gasteiger partial charge in [-0.15, -0.1) is 0 Å². The van der Waals surface area contributed by atoms with Crippen LogP contribution in [0.25, 0.3) is 0 Å². The van der Waals surface area contributed by atoms with Crippen LogP contribution in [0.3, 0.4) is 0 Å². The summed E-state index contributed by atoms with van der Waals surface area (Å²) in [6.45, 7) is 1.93. The lowest BCUT2D eigenvalue weighted by Crippen LogP contribution is -2.28. The van der Waals surface area contributed by atoms with Gasteiger partial charge in [-0.1, -0.05) is 6.07 Å². The molecule has 5 heteroatoms. The van der Waals surface area contributed by atoms with Gasteiger partial charge in [0, 0.05) is 13.2 Å². The summed E-state index contributed by atoms with van der Waals surface area (Å²) in [6, 6.07) is 5.53. The summed E-state index contributed by atoms with van der Waals surface area (Å²) in [6.07, 6.45) is 1.53. The summed E-state index contributed by atoms with van der Waals surface area (Å²) in [5.74, 6) is 1.34. The number of aliphatic hydroxyl groups excluding tert-OH is 1. The fourth-order valence-corrected chi connectivity index (χ4v) is 2.28. The maximum atomic E-state index is 9.97. The highest BCUT2D eigenvalue weighted by Crippen LogP contribution is 2.31. The summed E-state index contributed by atoms with van der Waals surface area (Å²) >= 11 is 0. The molecule has 0 spiro atoms. The van der Waals surface area contributed by atoms with E-state index in [1.54, 1.807) is 14.2 Å². The average Bonchev–Trinajstić information content (AvgIpc) is 2.49. The normalized spacial score (nSPS) is 20.4. The Bertz CT molecular complexity index is 418. The zero-order valence-electron chi connectivity index (χ0n) is 12.1. The number of nitrogens with one attached hydrogen (secondary N) is 1. The van der Waals surface area contributed by atoms with Crippen LogP contribution >= 0.6 is 0 Å². The SMILES string of the molecule is CNCC(O)c1ccc(OC2CCCOC2)c(OC)c1. The first-order chi connectivity index (χ1) is 9.74. The molecule has 0 aromatic heterocycles. The molecule has 112 valence electrons. The van der Waals surface area contributed by atoms with Crippen LogP contribution in [0.4, 0.5) is 0 Å². The highest BCUT2D eigenvalue weighted by atomic mass is 16.5. The van der Waals surface area contributed by atoms with Gasteiger partial charge in [0.2, 0.25) is 0 Å². The van der Waals surface area contributed by atoms with Gasteiger partial charge in [0.05, 0.1) is 19.8 Å². The molecule has 1 aromatic carbocycles. The molecule has 1 aliphatic rings. The molecular formula is C15H23NO4. The number of benzene rings is 1. The van der Waals surface area contributed by atoms with E-state index in [0.717, 1.165) is 25.0 Å². The molecule has 0 radical (unpaired) electrons. The maximum Gasteiger partial charge on any atom is 0.161 e. The molecule has 1 fully saturated rings. The molecule has 2 rings (SSSR count). The Hall–Kier alpha value is -1.30. The Morgan fingerprint density at radius 1 is 1.45 bits per heavy atom. The van der Waals surface area contributed by atoms with Crippen LogP contribution in [0.5, 0.6) is 11.5 Å². The zero-order valence-corrected chi connectivity index (χ0v) is 12.1. The first-order valence-electron chi connectivity index (χ1n) is 6.99. The Morgan fingerprint density at radius 3 is 2.95 bits per heavy atom. The van der Waals surface area contributed by atoms with Crippen molar-refractivity contribution in [3.63, 3.8) is 0 Å². The Kier molecular flexibility index (Phi) is 5.64. The van der Waals surface area contributed by atoms with E-state index in [0.29, 0.717) is 24.7 Å². The van der Waals surface area contributed by atoms with Gasteiger partial charge in [0.25, 0.3) is 0 Å². The molecule has 2 N–H and O–H groups in total. The second-order valence-corrected chi connectivity index (χ2v) is 4.94. The predicted octanol–water partition coefficient (Wildman–Crippen LogP) is 1.51. The quantitative estimate of drug-likeness (QED) is 0.827. The molecular weight excluding hydrogens is 258 g/mol. The molecule has 2 atom stereocenters. The van der Waals surface area contributed by atoms with E-state index in [-0.39, 0.29) is 6.10 Å². The second-order valence-electron chi connectivity index (χ2n) is 4.94. The van der Waals surface area contributed by atoms with E-state index in [2.05, 4.69) is 5.32 Å². The fourth-order valence-electron chi connectivity index (χ4n) is 2.28. The monoisotopic (exact) mass is 281 g/mol. The summed E-state index contributed by atoms with van der Waals surface area (Å²) in [4.78, 5) is 0. The molecule has 0 aliphatic carbocycles. The summed E-state index contributed by atoms with van der Waals surface area (Å²) in [5.41, 5.74) is 0.809. The van der Waals surface area contributed by atoms with E-state index in [4.69, 9.17) is 14.2 Å². The number of hydrogen-bond acceptors (Lipinski definition) is 5. The minimum Gasteiger partial charge on any atom is -0.493 e. The molecule has 1 aliphatic heterocycles. The van der Waals surface area contributed by atoms with Gasteiger partial charge in [-0.05, 0) is 37.6 Å². The van der Waals surface area contributed by atoms with Crippen molar-refractivity contribution in [2.24, 2.45) is 0 Å². The lowest BCUT2D eigenvalue weighted by atomic mass is 10.1. The number of likely N-dealkylation sites (N-methyl/N-ethyl adjacent to an activating group) is 1. The van der Waals surface area contributed by atoms with Crippen LogP contribution in [-0.4, -0.2) is 45.1 Å². The number of ether oxygens (including phenoxy) is 3. The topological polar surface area (TPSA) is 60.0 Å². The number of aliphatic hydroxyl groups is 1. The summed E-state index contributed by atoms with van der Waals surface area (Å²) in [5, 5.41) is 12.9. The molecule has 1 heterocycles. The van der Waals surface area contributed by atoms with Gasteiger partial charge in [0.15, 0.2) is 11.5 Å². The van der Waals surface area contributed by atoms with Gasteiger partial charge in [-0.2, -0.15) is 0 Å². The molecule has 0 bridgehead atoms. The van der Waals surface area contributed by atoms with Crippen molar-refractivity contribution in [1.82, 2.24) is 5.32 Å². The van der Waals surface area contributed by atoms with Gasteiger partial charge in [-0.25, -0.2) is 0 Å². The molecule has 1 saturated heterocycles. The van der Waals surface area contributed by atoms with Crippen LogP contribution in [0, 0.1) is 0 Å². The van der Waals surface area contributed by atoms with E-state index in [1.165, 1.54) is 0 Å². The van der Waals surface area contributed by atoms with Crippen molar-refractivity contribution in [3.8, 4) is 11.5 Å². The Labute approximate surface area is 119 Å². The number of rotatable bonds is 6. The molecule has 1 aromatic rings. The second kappa shape index (κ2) is 7.47. The van der Waals surface area contributed by atoms with Crippen molar-refractivity contribution < 1.29 is 19.3 Å². The number of methoxy groups -OCH3 is 1. The van der Waals surface area contributed by atoms with E-state index in [9.17, 15) is 5.11 Å². The van der Waals surface area contributed by atoms with Gasteiger partial charge < -0.3 is 24.6 Å². The van der Waals surface area contributed by atoms with Crippen LogP contribution in [0.15, 0.2) is 18.2 Å². The molecule has 0 amide bonds. The standard InChI is InChI=1S/C15H23NO4/c1-16-9-13(17)11-5-6-14(15(8-11)18-2)20-12-4-3-7-19-10-12/h5-6,8,12-13,16-17H,3-4,7,9-10H2,1-2H3. The average molecular weight is 281 g/mol. The fraction of sp³-hybridized carbons (Fsp3) is 0.600. The minimum absolute atomic E-state index is 0.0748. The predicted molar refractivity (Wildman–Crippen MR) is 76.3 cm³/mol. The molecule has 2 unspecified atom stereocenters.